The Morgan fingerprint density at radius 2 is 2.08 bits per heavy atom. The Labute approximate surface area is 148 Å². The number of carbonyl (C=O) groups excluding carboxylic acids is 1. The first-order chi connectivity index (χ1) is 12.2. The van der Waals surface area contributed by atoms with Crippen LogP contribution in [0.1, 0.15) is 49.7 Å². The van der Waals surface area contributed by atoms with E-state index >= 15 is 0 Å². The van der Waals surface area contributed by atoms with Crippen LogP contribution in [0, 0.1) is 0 Å². The number of hydrogen-bond acceptors (Lipinski definition) is 4. The molecule has 2 aromatic heterocycles. The molecule has 1 aliphatic heterocycles. The van der Waals surface area contributed by atoms with Crippen LogP contribution in [0.2, 0.25) is 0 Å². The average Bonchev–Trinajstić information content (AvgIpc) is 3.18. The maximum Gasteiger partial charge on any atom is 0.315 e. The molecular formula is C19H26N4O2. The maximum atomic E-state index is 12.3. The number of nitrogens with zero attached hydrogens (tertiary/aromatic N) is 2. The number of amides is 2. The molecule has 0 aliphatic carbocycles. The Kier molecular flexibility index (Phi) is 6.06. The summed E-state index contributed by atoms with van der Waals surface area (Å²) in [4.78, 5) is 19.0. The van der Waals surface area contributed by atoms with Gasteiger partial charge in [0.2, 0.25) is 0 Å². The normalized spacial score (nSPS) is 17.6. The zero-order valence-electron chi connectivity index (χ0n) is 14.6. The number of carbonyl (C=O) groups is 1. The molecule has 6 heteroatoms. The van der Waals surface area contributed by atoms with Crippen molar-refractivity contribution in [2.24, 2.45) is 0 Å². The van der Waals surface area contributed by atoms with Crippen LogP contribution in [0.25, 0.3) is 0 Å². The molecule has 6 nitrogen and oxygen atoms in total. The van der Waals surface area contributed by atoms with E-state index in [4.69, 9.17) is 4.42 Å². The number of hydrogen-bond donors (Lipinski definition) is 2. The molecule has 25 heavy (non-hydrogen) atoms. The fourth-order valence-corrected chi connectivity index (χ4v) is 3.26. The third kappa shape index (κ3) is 4.82. The summed E-state index contributed by atoms with van der Waals surface area (Å²) in [5.41, 5.74) is 0.844. The molecule has 0 spiro atoms. The zero-order chi connectivity index (χ0) is 17.5. The highest BCUT2D eigenvalue weighted by Crippen LogP contribution is 2.24. The molecule has 2 aromatic rings. The van der Waals surface area contributed by atoms with E-state index in [9.17, 15) is 4.79 Å². The summed E-state index contributed by atoms with van der Waals surface area (Å²) in [5, 5.41) is 5.93. The summed E-state index contributed by atoms with van der Waals surface area (Å²) in [6.07, 6.45) is 7.08. The van der Waals surface area contributed by atoms with Crippen LogP contribution in [0.15, 0.2) is 47.2 Å². The lowest BCUT2D eigenvalue weighted by atomic mass is 10.1. The van der Waals surface area contributed by atoms with Crippen LogP contribution in [0.3, 0.4) is 0 Å². The van der Waals surface area contributed by atoms with Gasteiger partial charge in [-0.3, -0.25) is 9.88 Å². The van der Waals surface area contributed by atoms with Gasteiger partial charge in [-0.25, -0.2) is 4.79 Å². The minimum Gasteiger partial charge on any atom is -0.468 e. The van der Waals surface area contributed by atoms with Crippen LogP contribution in [0.4, 0.5) is 4.79 Å². The van der Waals surface area contributed by atoms with Crippen molar-refractivity contribution < 1.29 is 9.21 Å². The van der Waals surface area contributed by atoms with E-state index in [0.717, 1.165) is 24.5 Å². The fraction of sp³-hybridized carbons (Fsp3) is 0.474. The first-order valence-electron chi connectivity index (χ1n) is 8.97. The highest BCUT2D eigenvalue weighted by molar-refractivity contribution is 5.74. The van der Waals surface area contributed by atoms with Gasteiger partial charge in [-0.05, 0) is 57.1 Å². The van der Waals surface area contributed by atoms with Gasteiger partial charge in [0.15, 0.2) is 0 Å². The summed E-state index contributed by atoms with van der Waals surface area (Å²) in [6.45, 7) is 4.53. The van der Waals surface area contributed by atoms with Crippen molar-refractivity contribution in [3.8, 4) is 0 Å². The molecule has 1 aliphatic rings. The van der Waals surface area contributed by atoms with Gasteiger partial charge in [-0.1, -0.05) is 12.5 Å². The lowest BCUT2D eigenvalue weighted by molar-refractivity contribution is 0.143. The second-order valence-corrected chi connectivity index (χ2v) is 6.46. The minimum atomic E-state index is -0.188. The third-order valence-corrected chi connectivity index (χ3v) is 4.64. The molecule has 0 saturated carbocycles. The van der Waals surface area contributed by atoms with Gasteiger partial charge in [0, 0.05) is 12.7 Å². The van der Waals surface area contributed by atoms with Crippen molar-refractivity contribution in [3.63, 3.8) is 0 Å². The number of piperidine rings is 1. The molecule has 3 heterocycles. The molecule has 0 unspecified atom stereocenters. The standard InChI is InChI=1S/C19H26N4O2/c1-15(16-8-3-4-10-20-16)22-19(24)21-14-17(18-9-7-13-25-18)23-11-5-2-6-12-23/h3-4,7-10,13,15,17H,2,5-6,11-12,14H2,1H3,(H2,21,22,24)/t15-,17-/m1/s1. The molecule has 0 aromatic carbocycles. The van der Waals surface area contributed by atoms with Crippen molar-refractivity contribution in [2.75, 3.05) is 19.6 Å². The zero-order valence-corrected chi connectivity index (χ0v) is 14.6. The van der Waals surface area contributed by atoms with Crippen LogP contribution in [0.5, 0.6) is 0 Å². The molecule has 0 bridgehead atoms. The first kappa shape index (κ1) is 17.5. The van der Waals surface area contributed by atoms with Crippen molar-refractivity contribution in [1.29, 1.82) is 0 Å². The molecule has 2 atom stereocenters. The largest absolute Gasteiger partial charge is 0.468 e. The number of likely N-dealkylation sites (tertiary alicyclic amines) is 1. The van der Waals surface area contributed by atoms with E-state index in [1.165, 1.54) is 19.3 Å². The van der Waals surface area contributed by atoms with Crippen LogP contribution in [-0.4, -0.2) is 35.5 Å². The molecule has 3 rings (SSSR count). The SMILES string of the molecule is C[C@@H](NC(=O)NC[C@H](c1ccco1)N1CCCCC1)c1ccccn1. The summed E-state index contributed by atoms with van der Waals surface area (Å²) < 4.78 is 5.61. The van der Waals surface area contributed by atoms with E-state index in [1.807, 2.05) is 37.3 Å². The predicted octanol–water partition coefficient (Wildman–Crippen LogP) is 3.26. The highest BCUT2D eigenvalue weighted by Gasteiger charge is 2.25. The molecular weight excluding hydrogens is 316 g/mol. The van der Waals surface area contributed by atoms with Gasteiger partial charge in [0.1, 0.15) is 5.76 Å². The van der Waals surface area contributed by atoms with Crippen molar-refractivity contribution in [3.05, 3.63) is 54.2 Å². The van der Waals surface area contributed by atoms with Crippen molar-refractivity contribution in [1.82, 2.24) is 20.5 Å². The summed E-state index contributed by atoms with van der Waals surface area (Å²) in [5.74, 6) is 0.903. The number of furan rings is 1. The van der Waals surface area contributed by atoms with E-state index in [-0.39, 0.29) is 18.1 Å². The molecule has 1 saturated heterocycles. The molecule has 0 radical (unpaired) electrons. The average molecular weight is 342 g/mol. The lowest BCUT2D eigenvalue weighted by Crippen LogP contribution is -2.44. The van der Waals surface area contributed by atoms with Crippen LogP contribution >= 0.6 is 0 Å². The van der Waals surface area contributed by atoms with Gasteiger partial charge >= 0.3 is 6.03 Å². The van der Waals surface area contributed by atoms with Gasteiger partial charge in [-0.2, -0.15) is 0 Å². The summed E-state index contributed by atoms with van der Waals surface area (Å²) in [6, 6.07) is 9.32. The van der Waals surface area contributed by atoms with Crippen molar-refractivity contribution in [2.45, 2.75) is 38.3 Å². The molecule has 134 valence electrons. The first-order valence-corrected chi connectivity index (χ1v) is 8.97. The monoisotopic (exact) mass is 342 g/mol. The third-order valence-electron chi connectivity index (χ3n) is 4.64. The van der Waals surface area contributed by atoms with Gasteiger partial charge in [0.25, 0.3) is 0 Å². The Morgan fingerprint density at radius 1 is 1.24 bits per heavy atom. The lowest BCUT2D eigenvalue weighted by Gasteiger charge is -2.33. The topological polar surface area (TPSA) is 70.4 Å². The van der Waals surface area contributed by atoms with E-state index in [2.05, 4.69) is 20.5 Å². The van der Waals surface area contributed by atoms with E-state index in [0.29, 0.717) is 6.54 Å². The number of nitrogens with one attached hydrogen (secondary N) is 2. The maximum absolute atomic E-state index is 12.3. The van der Waals surface area contributed by atoms with Crippen LogP contribution < -0.4 is 10.6 Å². The second kappa shape index (κ2) is 8.67. The van der Waals surface area contributed by atoms with E-state index < -0.39 is 0 Å². The van der Waals surface area contributed by atoms with Crippen LogP contribution in [-0.2, 0) is 0 Å². The molecule has 2 N–H and O–H groups in total. The number of urea groups is 1. The summed E-state index contributed by atoms with van der Waals surface area (Å²) >= 11 is 0. The Bertz CT molecular complexity index is 639. The minimum absolute atomic E-state index is 0.0752. The molecule has 2 amide bonds. The highest BCUT2D eigenvalue weighted by atomic mass is 16.3. The van der Waals surface area contributed by atoms with E-state index in [1.54, 1.807) is 12.5 Å². The second-order valence-electron chi connectivity index (χ2n) is 6.46. The van der Waals surface area contributed by atoms with Gasteiger partial charge in [0.05, 0.1) is 24.0 Å². The quantitative estimate of drug-likeness (QED) is 0.845. The summed E-state index contributed by atoms with van der Waals surface area (Å²) in [7, 11) is 0. The smallest absolute Gasteiger partial charge is 0.315 e. The Balaban J connectivity index is 1.56. The number of aromatic nitrogens is 1. The number of pyridine rings is 1. The van der Waals surface area contributed by atoms with Crippen molar-refractivity contribution >= 4 is 6.03 Å². The van der Waals surface area contributed by atoms with Gasteiger partial charge in [-0.15, -0.1) is 0 Å². The van der Waals surface area contributed by atoms with Gasteiger partial charge < -0.3 is 15.1 Å². The Hall–Kier alpha value is -2.34. The number of rotatable bonds is 6. The molecule has 1 fully saturated rings. The predicted molar refractivity (Wildman–Crippen MR) is 96.1 cm³/mol. The fourth-order valence-electron chi connectivity index (χ4n) is 3.26. The Morgan fingerprint density at radius 3 is 2.76 bits per heavy atom.